The Morgan fingerprint density at radius 3 is 2.33 bits per heavy atom. The van der Waals surface area contributed by atoms with E-state index < -0.39 is 17.6 Å². The number of carbonyl (C=O) groups is 2. The normalized spacial score (nSPS) is 13.3. The van der Waals surface area contributed by atoms with Crippen molar-refractivity contribution in [2.75, 3.05) is 7.05 Å². The van der Waals surface area contributed by atoms with E-state index in [1.165, 1.54) is 11.9 Å². The van der Waals surface area contributed by atoms with Crippen LogP contribution in [0.2, 0.25) is 0 Å². The van der Waals surface area contributed by atoms with Crippen LogP contribution in [0.1, 0.15) is 38.7 Å². The van der Waals surface area contributed by atoms with Gasteiger partial charge in [0.05, 0.1) is 0 Å². The lowest BCUT2D eigenvalue weighted by Gasteiger charge is -2.36. The number of hydrogen-bond donors (Lipinski definition) is 1. The molecule has 0 fully saturated rings. The van der Waals surface area contributed by atoms with Gasteiger partial charge in [0.25, 0.3) is 0 Å². The van der Waals surface area contributed by atoms with E-state index in [9.17, 15) is 14.7 Å². The van der Waals surface area contributed by atoms with Crippen LogP contribution in [-0.2, 0) is 16.1 Å². The smallest absolute Gasteiger partial charge is 0.410 e. The van der Waals surface area contributed by atoms with Gasteiger partial charge in [-0.05, 0) is 18.4 Å². The highest BCUT2D eigenvalue weighted by molar-refractivity contribution is 5.84. The van der Waals surface area contributed by atoms with Crippen LogP contribution in [0.4, 0.5) is 4.79 Å². The van der Waals surface area contributed by atoms with Crippen LogP contribution < -0.4 is 0 Å². The van der Waals surface area contributed by atoms with Gasteiger partial charge in [-0.2, -0.15) is 0 Å². The Kier molecular flexibility index (Phi) is 6.21. The number of aliphatic carboxylic acids is 1. The van der Waals surface area contributed by atoms with Gasteiger partial charge in [-0.25, -0.2) is 9.59 Å². The second-order valence-electron chi connectivity index (χ2n) is 5.04. The molecule has 21 heavy (non-hydrogen) atoms. The monoisotopic (exact) mass is 293 g/mol. The highest BCUT2D eigenvalue weighted by Gasteiger charge is 2.43. The number of benzene rings is 1. The van der Waals surface area contributed by atoms with Crippen molar-refractivity contribution in [1.29, 1.82) is 0 Å². The topological polar surface area (TPSA) is 66.8 Å². The fourth-order valence-corrected chi connectivity index (χ4v) is 2.39. The van der Waals surface area contributed by atoms with Gasteiger partial charge in [0.1, 0.15) is 12.1 Å². The van der Waals surface area contributed by atoms with Crippen LogP contribution in [0.3, 0.4) is 0 Å². The SMILES string of the molecule is CCCC(CC)(C(=O)O)N(C)C(=O)OCc1ccccc1. The average Bonchev–Trinajstić information content (AvgIpc) is 2.50. The number of amides is 1. The molecule has 5 heteroatoms. The minimum Gasteiger partial charge on any atom is -0.479 e. The first-order valence-corrected chi connectivity index (χ1v) is 7.15. The predicted octanol–water partition coefficient (Wildman–Crippen LogP) is 3.29. The first-order valence-electron chi connectivity index (χ1n) is 7.15. The molecular formula is C16H23NO4. The molecule has 1 N–H and O–H groups in total. The zero-order valence-electron chi connectivity index (χ0n) is 12.8. The molecule has 0 bridgehead atoms. The number of likely N-dealkylation sites (N-methyl/N-ethyl adjacent to an activating group) is 1. The van der Waals surface area contributed by atoms with Crippen molar-refractivity contribution < 1.29 is 19.4 Å². The van der Waals surface area contributed by atoms with E-state index in [4.69, 9.17) is 4.74 Å². The maximum Gasteiger partial charge on any atom is 0.410 e. The molecule has 1 atom stereocenters. The third kappa shape index (κ3) is 3.97. The summed E-state index contributed by atoms with van der Waals surface area (Å²) in [6.07, 6.45) is 0.802. The highest BCUT2D eigenvalue weighted by Crippen LogP contribution is 2.26. The summed E-state index contributed by atoms with van der Waals surface area (Å²) in [4.78, 5) is 25.0. The van der Waals surface area contributed by atoms with E-state index in [2.05, 4.69) is 0 Å². The second-order valence-corrected chi connectivity index (χ2v) is 5.04. The summed E-state index contributed by atoms with van der Waals surface area (Å²) in [5.41, 5.74) is -0.338. The lowest BCUT2D eigenvalue weighted by Crippen LogP contribution is -2.55. The van der Waals surface area contributed by atoms with Gasteiger partial charge in [-0.3, -0.25) is 4.90 Å². The lowest BCUT2D eigenvalue weighted by atomic mass is 9.89. The van der Waals surface area contributed by atoms with E-state index in [1.807, 2.05) is 37.3 Å². The zero-order chi connectivity index (χ0) is 15.9. The van der Waals surface area contributed by atoms with Gasteiger partial charge >= 0.3 is 12.1 Å². The van der Waals surface area contributed by atoms with Crippen LogP contribution in [0.15, 0.2) is 30.3 Å². The molecule has 1 aromatic carbocycles. The van der Waals surface area contributed by atoms with Crippen molar-refractivity contribution in [1.82, 2.24) is 4.90 Å². The van der Waals surface area contributed by atoms with Crippen LogP contribution in [0, 0.1) is 0 Å². The largest absolute Gasteiger partial charge is 0.479 e. The molecule has 0 saturated carbocycles. The fraction of sp³-hybridized carbons (Fsp3) is 0.500. The maximum absolute atomic E-state index is 12.1. The Balaban J connectivity index is 2.76. The number of carbonyl (C=O) groups excluding carboxylic acids is 1. The van der Waals surface area contributed by atoms with Gasteiger partial charge < -0.3 is 9.84 Å². The molecule has 1 unspecified atom stereocenters. The first kappa shape index (κ1) is 17.0. The van der Waals surface area contributed by atoms with Gasteiger partial charge in [-0.1, -0.05) is 50.6 Å². The number of carboxylic acid groups (broad SMARTS) is 1. The van der Waals surface area contributed by atoms with Crippen molar-refractivity contribution in [2.45, 2.75) is 45.3 Å². The molecule has 0 saturated heterocycles. The number of rotatable bonds is 7. The van der Waals surface area contributed by atoms with Crippen molar-refractivity contribution in [3.05, 3.63) is 35.9 Å². The highest BCUT2D eigenvalue weighted by atomic mass is 16.6. The molecule has 1 aromatic rings. The first-order chi connectivity index (χ1) is 9.97. The Labute approximate surface area is 125 Å². The van der Waals surface area contributed by atoms with Crippen molar-refractivity contribution in [2.24, 2.45) is 0 Å². The van der Waals surface area contributed by atoms with Gasteiger partial charge in [0.15, 0.2) is 0 Å². The van der Waals surface area contributed by atoms with E-state index in [0.29, 0.717) is 19.3 Å². The van der Waals surface area contributed by atoms with E-state index in [-0.39, 0.29) is 6.61 Å². The summed E-state index contributed by atoms with van der Waals surface area (Å²) in [5, 5.41) is 9.51. The third-order valence-corrected chi connectivity index (χ3v) is 3.77. The summed E-state index contributed by atoms with van der Waals surface area (Å²) < 4.78 is 5.22. The quantitative estimate of drug-likeness (QED) is 0.837. The summed E-state index contributed by atoms with van der Waals surface area (Å²) in [6.45, 7) is 3.80. The van der Waals surface area contributed by atoms with Gasteiger partial charge in [0.2, 0.25) is 0 Å². The van der Waals surface area contributed by atoms with Gasteiger partial charge in [0, 0.05) is 7.05 Å². The number of ether oxygens (including phenoxy) is 1. The number of carboxylic acids is 1. The Bertz CT molecular complexity index is 474. The molecule has 0 spiro atoms. The molecule has 0 aromatic heterocycles. The average molecular weight is 293 g/mol. The Hall–Kier alpha value is -2.04. The van der Waals surface area contributed by atoms with Crippen LogP contribution >= 0.6 is 0 Å². The molecule has 116 valence electrons. The van der Waals surface area contributed by atoms with E-state index in [0.717, 1.165) is 5.56 Å². The molecule has 0 aliphatic carbocycles. The lowest BCUT2D eigenvalue weighted by molar-refractivity contribution is -0.150. The van der Waals surface area contributed by atoms with Crippen LogP contribution in [0.25, 0.3) is 0 Å². The molecule has 1 amide bonds. The minimum absolute atomic E-state index is 0.134. The molecule has 0 radical (unpaired) electrons. The van der Waals surface area contributed by atoms with Gasteiger partial charge in [-0.15, -0.1) is 0 Å². The second kappa shape index (κ2) is 7.67. The van der Waals surface area contributed by atoms with Crippen LogP contribution in [-0.4, -0.2) is 34.7 Å². The Morgan fingerprint density at radius 2 is 1.86 bits per heavy atom. The summed E-state index contributed by atoms with van der Waals surface area (Å²) in [5.74, 6) is -0.994. The van der Waals surface area contributed by atoms with Crippen LogP contribution in [0.5, 0.6) is 0 Å². The third-order valence-electron chi connectivity index (χ3n) is 3.77. The van der Waals surface area contributed by atoms with E-state index in [1.54, 1.807) is 6.92 Å². The Morgan fingerprint density at radius 1 is 1.24 bits per heavy atom. The van der Waals surface area contributed by atoms with Crippen molar-refractivity contribution in [3.8, 4) is 0 Å². The molecular weight excluding hydrogens is 270 g/mol. The molecule has 1 rings (SSSR count). The summed E-state index contributed by atoms with van der Waals surface area (Å²) >= 11 is 0. The maximum atomic E-state index is 12.1. The minimum atomic E-state index is -1.21. The van der Waals surface area contributed by atoms with Crippen molar-refractivity contribution in [3.63, 3.8) is 0 Å². The molecule has 0 aliphatic rings. The van der Waals surface area contributed by atoms with E-state index >= 15 is 0 Å². The molecule has 0 aliphatic heterocycles. The van der Waals surface area contributed by atoms with Crippen molar-refractivity contribution >= 4 is 12.1 Å². The fourth-order valence-electron chi connectivity index (χ4n) is 2.39. The number of hydrogen-bond acceptors (Lipinski definition) is 3. The molecule has 5 nitrogen and oxygen atoms in total. The predicted molar refractivity (Wildman–Crippen MR) is 80.0 cm³/mol. The standard InChI is InChI=1S/C16H23NO4/c1-4-11-16(5-2,14(18)19)17(3)15(20)21-12-13-9-7-6-8-10-13/h6-10H,4-5,11-12H2,1-3H3,(H,18,19). The zero-order valence-corrected chi connectivity index (χ0v) is 12.8. The molecule has 0 heterocycles. The number of nitrogens with zero attached hydrogens (tertiary/aromatic N) is 1. The summed E-state index contributed by atoms with van der Waals surface area (Å²) in [7, 11) is 1.49. The summed E-state index contributed by atoms with van der Waals surface area (Å²) in [6, 6.07) is 9.30.